The summed E-state index contributed by atoms with van der Waals surface area (Å²) in [4.78, 5) is 45.4. The lowest BCUT2D eigenvalue weighted by atomic mass is 10.1. The van der Waals surface area contributed by atoms with Crippen LogP contribution in [0.1, 0.15) is 57.8 Å². The molecule has 0 radical (unpaired) electrons. The van der Waals surface area contributed by atoms with Crippen LogP contribution >= 0.6 is 11.3 Å². The summed E-state index contributed by atoms with van der Waals surface area (Å²) in [5, 5.41) is 7.42. The molecule has 4 N–H and O–H groups in total. The summed E-state index contributed by atoms with van der Waals surface area (Å²) in [7, 11) is 0. The number of nitrogens with zero attached hydrogens (tertiary/aromatic N) is 2. The number of rotatable bonds is 11. The van der Waals surface area contributed by atoms with Crippen molar-refractivity contribution in [1.29, 1.82) is 0 Å². The van der Waals surface area contributed by atoms with Crippen LogP contribution < -0.4 is 21.1 Å². The zero-order valence-electron chi connectivity index (χ0n) is 24.0. The molecule has 2 heterocycles. The minimum atomic E-state index is -0.782. The minimum Gasteiger partial charge on any atom is -0.492 e. The Bertz CT molecular complexity index is 1140. The number of urea groups is 1. The largest absolute Gasteiger partial charge is 0.528 e. The van der Waals surface area contributed by atoms with E-state index in [0.717, 1.165) is 42.2 Å². The summed E-state index contributed by atoms with van der Waals surface area (Å²) in [6.45, 7) is 13.8. The van der Waals surface area contributed by atoms with Crippen LogP contribution in [0.5, 0.6) is 5.75 Å². The first-order chi connectivity index (χ1) is 19.0. The fourth-order valence-electron chi connectivity index (χ4n) is 4.23. The predicted octanol–water partition coefficient (Wildman–Crippen LogP) is 4.69. The summed E-state index contributed by atoms with van der Waals surface area (Å²) in [5.74, 6) is 0.406. The van der Waals surface area contributed by atoms with Gasteiger partial charge in [0.15, 0.2) is 0 Å². The lowest BCUT2D eigenvalue weighted by Crippen LogP contribution is -2.48. The summed E-state index contributed by atoms with van der Waals surface area (Å²) in [5.41, 5.74) is 5.90. The van der Waals surface area contributed by atoms with Gasteiger partial charge in [0, 0.05) is 24.0 Å². The molecule has 1 aliphatic heterocycles. The Morgan fingerprint density at radius 1 is 1.15 bits per heavy atom. The number of thiophene rings is 1. The molecule has 1 atom stereocenters. The second-order valence-electron chi connectivity index (χ2n) is 10.5. The predicted molar refractivity (Wildman–Crippen MR) is 156 cm³/mol. The highest BCUT2D eigenvalue weighted by Crippen LogP contribution is 2.36. The van der Waals surface area contributed by atoms with E-state index in [1.165, 1.54) is 16.4 Å². The van der Waals surface area contributed by atoms with Gasteiger partial charge in [0.1, 0.15) is 23.0 Å². The average Bonchev–Trinajstić information content (AvgIpc) is 3.29. The number of nitrogens with two attached hydrogens (primary N) is 1. The molecular weight excluding hydrogens is 534 g/mol. The van der Waals surface area contributed by atoms with Crippen molar-refractivity contribution in [2.45, 2.75) is 59.1 Å². The summed E-state index contributed by atoms with van der Waals surface area (Å²) in [6.07, 6.45) is 0.652. The molecule has 12 heteroatoms. The second-order valence-corrected chi connectivity index (χ2v) is 11.6. The van der Waals surface area contributed by atoms with E-state index in [9.17, 15) is 14.4 Å². The lowest BCUT2D eigenvalue weighted by molar-refractivity contribution is -0.154. The van der Waals surface area contributed by atoms with Crippen LogP contribution in [0.15, 0.2) is 30.3 Å². The molecule has 0 saturated carbocycles. The van der Waals surface area contributed by atoms with Gasteiger partial charge in [-0.05, 0) is 82.6 Å². The van der Waals surface area contributed by atoms with Crippen molar-refractivity contribution in [2.24, 2.45) is 5.73 Å². The SMILES string of the molecule is CCN(CC)CCOc1ccc(-c2cc(C(=O)NC3CCCN(OC(=O)OC(C)(C)C)C3)c(NC(N)=O)s2)cc1. The first-order valence-corrected chi connectivity index (χ1v) is 14.4. The number of benzene rings is 1. The summed E-state index contributed by atoms with van der Waals surface area (Å²) < 4.78 is 11.1. The highest BCUT2D eigenvalue weighted by atomic mass is 32.1. The standard InChI is InChI=1S/C28H41N5O6S/c1-6-32(7-2)15-16-37-21-12-10-19(11-13-21)23-17-22(25(40-23)31-26(29)35)24(34)30-20-9-8-14-33(18-20)39-27(36)38-28(3,4)5/h10-13,17,20H,6-9,14-16,18H2,1-5H3,(H,30,34)(H3,29,31,35). The Morgan fingerprint density at radius 2 is 1.85 bits per heavy atom. The second kappa shape index (κ2) is 14.3. The van der Waals surface area contributed by atoms with Gasteiger partial charge in [-0.15, -0.1) is 16.4 Å². The number of hydrogen-bond acceptors (Lipinski definition) is 9. The fourth-order valence-corrected chi connectivity index (χ4v) is 5.30. The molecule has 1 aromatic carbocycles. The van der Waals surface area contributed by atoms with E-state index >= 15 is 0 Å². The summed E-state index contributed by atoms with van der Waals surface area (Å²) >= 11 is 1.26. The van der Waals surface area contributed by atoms with Crippen LogP contribution in [0.2, 0.25) is 0 Å². The average molecular weight is 576 g/mol. The quantitative estimate of drug-likeness (QED) is 0.329. The third kappa shape index (κ3) is 9.68. The Hall–Kier alpha value is -3.35. The fraction of sp³-hybridized carbons (Fsp3) is 0.536. The third-order valence-corrected chi connectivity index (χ3v) is 7.33. The third-order valence-electron chi connectivity index (χ3n) is 6.24. The number of nitrogens with one attached hydrogen (secondary N) is 2. The summed E-state index contributed by atoms with van der Waals surface area (Å²) in [6, 6.07) is 8.33. The highest BCUT2D eigenvalue weighted by Gasteiger charge is 2.28. The van der Waals surface area contributed by atoms with Gasteiger partial charge in [-0.3, -0.25) is 10.1 Å². The van der Waals surface area contributed by atoms with E-state index in [1.54, 1.807) is 26.8 Å². The van der Waals surface area contributed by atoms with E-state index < -0.39 is 17.8 Å². The maximum absolute atomic E-state index is 13.3. The van der Waals surface area contributed by atoms with Gasteiger partial charge in [-0.2, -0.15) is 0 Å². The van der Waals surface area contributed by atoms with Gasteiger partial charge in [-0.25, -0.2) is 9.59 Å². The van der Waals surface area contributed by atoms with Gasteiger partial charge in [0.2, 0.25) is 0 Å². The Kier molecular flexibility index (Phi) is 11.2. The Morgan fingerprint density at radius 3 is 2.48 bits per heavy atom. The van der Waals surface area contributed by atoms with Crippen LogP contribution in [0, 0.1) is 0 Å². The molecule has 11 nitrogen and oxygen atoms in total. The molecule has 1 unspecified atom stereocenters. The number of carbonyl (C=O) groups excluding carboxylic acids is 3. The van der Waals surface area contributed by atoms with Gasteiger partial charge < -0.3 is 30.3 Å². The lowest BCUT2D eigenvalue weighted by Gasteiger charge is -2.32. The highest BCUT2D eigenvalue weighted by molar-refractivity contribution is 7.20. The minimum absolute atomic E-state index is 0.263. The molecule has 0 bridgehead atoms. The van der Waals surface area contributed by atoms with Crippen molar-refractivity contribution in [3.63, 3.8) is 0 Å². The molecule has 1 aliphatic rings. The topological polar surface area (TPSA) is 135 Å². The van der Waals surface area contributed by atoms with Crippen molar-refractivity contribution in [2.75, 3.05) is 44.6 Å². The van der Waals surface area contributed by atoms with E-state index in [-0.39, 0.29) is 11.9 Å². The van der Waals surface area contributed by atoms with Crippen LogP contribution in [-0.4, -0.2) is 79.0 Å². The van der Waals surface area contributed by atoms with Crippen molar-refractivity contribution in [3.8, 4) is 16.2 Å². The van der Waals surface area contributed by atoms with Crippen LogP contribution in [0.25, 0.3) is 10.4 Å². The molecule has 3 rings (SSSR count). The number of hydroxylamine groups is 2. The molecule has 0 spiro atoms. The van der Waals surface area contributed by atoms with E-state index in [2.05, 4.69) is 29.4 Å². The van der Waals surface area contributed by atoms with Gasteiger partial charge >= 0.3 is 12.2 Å². The van der Waals surface area contributed by atoms with Crippen molar-refractivity contribution < 1.29 is 28.7 Å². The number of likely N-dealkylation sites (N-methyl/N-ethyl adjacent to an activating group) is 1. The number of carbonyl (C=O) groups is 3. The van der Waals surface area contributed by atoms with Crippen LogP contribution in [0.3, 0.4) is 0 Å². The first kappa shape index (κ1) is 31.2. The smallest absolute Gasteiger partial charge is 0.492 e. The van der Waals surface area contributed by atoms with E-state index in [0.29, 0.717) is 36.7 Å². The van der Waals surface area contributed by atoms with Gasteiger partial charge in [0.25, 0.3) is 5.91 Å². The molecule has 1 fully saturated rings. The maximum atomic E-state index is 13.3. The number of hydrogen-bond donors (Lipinski definition) is 3. The molecule has 1 saturated heterocycles. The Labute approximate surface area is 239 Å². The van der Waals surface area contributed by atoms with Crippen LogP contribution in [0.4, 0.5) is 14.6 Å². The number of amides is 3. The molecule has 2 aromatic rings. The number of ether oxygens (including phenoxy) is 2. The normalized spacial score (nSPS) is 15.9. The first-order valence-electron chi connectivity index (χ1n) is 13.6. The number of anilines is 1. The Balaban J connectivity index is 1.65. The molecule has 3 amide bonds. The molecule has 1 aromatic heterocycles. The number of primary amides is 1. The zero-order valence-corrected chi connectivity index (χ0v) is 24.8. The molecule has 0 aliphatic carbocycles. The maximum Gasteiger partial charge on any atom is 0.528 e. The van der Waals surface area contributed by atoms with E-state index in [1.807, 2.05) is 24.3 Å². The molecule has 40 heavy (non-hydrogen) atoms. The molecule has 220 valence electrons. The van der Waals surface area contributed by atoms with Gasteiger partial charge in [0.05, 0.1) is 12.1 Å². The number of piperidine rings is 1. The zero-order chi connectivity index (χ0) is 29.3. The van der Waals surface area contributed by atoms with Gasteiger partial charge in [-0.1, -0.05) is 13.8 Å². The monoisotopic (exact) mass is 575 g/mol. The van der Waals surface area contributed by atoms with Crippen LogP contribution in [-0.2, 0) is 9.57 Å². The van der Waals surface area contributed by atoms with Crippen molar-refractivity contribution >= 4 is 34.4 Å². The molecular formula is C28H41N5O6S. The van der Waals surface area contributed by atoms with E-state index in [4.69, 9.17) is 20.0 Å². The van der Waals surface area contributed by atoms with Crippen molar-refractivity contribution in [3.05, 3.63) is 35.9 Å². The van der Waals surface area contributed by atoms with Crippen molar-refractivity contribution in [1.82, 2.24) is 15.3 Å².